The van der Waals surface area contributed by atoms with Crippen molar-refractivity contribution in [2.45, 2.75) is 6.54 Å². The van der Waals surface area contributed by atoms with Crippen LogP contribution in [0.4, 0.5) is 0 Å². The number of fused-ring (bicyclic) bond motifs is 1. The minimum absolute atomic E-state index is 0.637. The van der Waals surface area contributed by atoms with Gasteiger partial charge in [0.05, 0.1) is 50.2 Å². The molecule has 6 heteroatoms. The molecule has 32 heavy (non-hydrogen) atoms. The molecule has 6 nitrogen and oxygen atoms in total. The number of hydrogen-bond acceptors (Lipinski definition) is 5. The van der Waals surface area contributed by atoms with E-state index in [0.717, 1.165) is 66.5 Å². The summed E-state index contributed by atoms with van der Waals surface area (Å²) in [6.45, 7) is 4.47. The van der Waals surface area contributed by atoms with E-state index in [1.54, 1.807) is 7.11 Å². The normalized spacial score (nSPS) is 14.4. The maximum atomic E-state index is 9.18. The number of hydrogen-bond donors (Lipinski definition) is 0. The van der Waals surface area contributed by atoms with Crippen LogP contribution >= 0.6 is 0 Å². The predicted octanol–water partition coefficient (Wildman–Crippen LogP) is 4.38. The second-order valence-electron chi connectivity index (χ2n) is 7.90. The van der Waals surface area contributed by atoms with Crippen LogP contribution in [-0.4, -0.2) is 47.7 Å². The van der Waals surface area contributed by atoms with Gasteiger partial charge in [-0.15, -0.1) is 0 Å². The van der Waals surface area contributed by atoms with E-state index in [1.165, 1.54) is 5.56 Å². The number of morpholine rings is 1. The molecule has 0 aliphatic carbocycles. The van der Waals surface area contributed by atoms with Gasteiger partial charge in [0, 0.05) is 25.2 Å². The highest BCUT2D eigenvalue weighted by Crippen LogP contribution is 2.37. The van der Waals surface area contributed by atoms with Crippen molar-refractivity contribution >= 4 is 5.52 Å². The molecule has 1 fully saturated rings. The second kappa shape index (κ2) is 8.83. The fourth-order valence-electron chi connectivity index (χ4n) is 4.25. The van der Waals surface area contributed by atoms with Crippen LogP contribution < -0.4 is 4.74 Å². The van der Waals surface area contributed by atoms with E-state index >= 15 is 0 Å². The zero-order valence-corrected chi connectivity index (χ0v) is 18.0. The number of rotatable bonds is 5. The predicted molar refractivity (Wildman–Crippen MR) is 123 cm³/mol. The molecule has 4 aromatic rings. The largest absolute Gasteiger partial charge is 0.494 e. The molecule has 0 radical (unpaired) electrons. The van der Waals surface area contributed by atoms with Gasteiger partial charge in [0.2, 0.25) is 0 Å². The molecule has 1 saturated heterocycles. The molecular weight excluding hydrogens is 400 g/mol. The third-order valence-corrected chi connectivity index (χ3v) is 5.94. The Kier molecular flexibility index (Phi) is 5.59. The molecule has 5 rings (SSSR count). The number of nitriles is 1. The first kappa shape index (κ1) is 20.3. The van der Waals surface area contributed by atoms with Crippen LogP contribution in [0.15, 0.2) is 67.1 Å². The lowest BCUT2D eigenvalue weighted by Crippen LogP contribution is -2.35. The summed E-state index contributed by atoms with van der Waals surface area (Å²) in [5.41, 5.74) is 7.02. The first-order valence-electron chi connectivity index (χ1n) is 10.7. The van der Waals surface area contributed by atoms with Gasteiger partial charge in [-0.2, -0.15) is 5.26 Å². The zero-order chi connectivity index (χ0) is 21.9. The fourth-order valence-corrected chi connectivity index (χ4v) is 4.25. The fraction of sp³-hybridized carbons (Fsp3) is 0.231. The molecule has 2 aromatic heterocycles. The molecule has 1 aliphatic rings. The van der Waals surface area contributed by atoms with Crippen LogP contribution in [0.5, 0.6) is 5.75 Å². The molecule has 0 N–H and O–H groups in total. The lowest BCUT2D eigenvalue weighted by Gasteiger charge is -2.26. The Labute approximate surface area is 187 Å². The molecule has 0 bridgehead atoms. The standard InChI is InChI=1S/C26H24N4O2/c1-31-25-14-23(21-6-2-19(15-27)3-7-21)26(30-18-28-16-24(25)30)22-8-4-20(5-9-22)17-29-10-12-32-13-11-29/h2-9,14,16,18H,10-13,17H2,1H3. The molecule has 0 unspecified atom stereocenters. The van der Waals surface area contributed by atoms with Crippen molar-refractivity contribution in [2.24, 2.45) is 0 Å². The van der Waals surface area contributed by atoms with E-state index in [0.29, 0.717) is 5.56 Å². The molecule has 160 valence electrons. The third-order valence-electron chi connectivity index (χ3n) is 5.94. The number of methoxy groups -OCH3 is 1. The van der Waals surface area contributed by atoms with Crippen LogP contribution in [-0.2, 0) is 11.3 Å². The SMILES string of the molecule is COc1cc(-c2ccc(C#N)cc2)c(-c2ccc(CN3CCOCC3)cc2)n2cncc12. The Balaban J connectivity index is 1.59. The van der Waals surface area contributed by atoms with Gasteiger partial charge in [-0.05, 0) is 34.9 Å². The van der Waals surface area contributed by atoms with E-state index in [9.17, 15) is 5.26 Å². The summed E-state index contributed by atoms with van der Waals surface area (Å²) in [7, 11) is 1.67. The van der Waals surface area contributed by atoms with Crippen molar-refractivity contribution in [3.05, 3.63) is 78.2 Å². The van der Waals surface area contributed by atoms with Gasteiger partial charge < -0.3 is 9.47 Å². The van der Waals surface area contributed by atoms with Crippen LogP contribution in [0, 0.1) is 11.3 Å². The highest BCUT2D eigenvalue weighted by Gasteiger charge is 2.17. The summed E-state index contributed by atoms with van der Waals surface area (Å²) in [6.07, 6.45) is 3.64. The number of imidazole rings is 1. The van der Waals surface area contributed by atoms with Gasteiger partial charge in [0.25, 0.3) is 0 Å². The Hall–Kier alpha value is -3.66. The van der Waals surface area contributed by atoms with E-state index in [1.807, 2.05) is 36.8 Å². The van der Waals surface area contributed by atoms with Crippen molar-refractivity contribution in [2.75, 3.05) is 33.4 Å². The number of aromatic nitrogens is 2. The summed E-state index contributed by atoms with van der Waals surface area (Å²) in [4.78, 5) is 6.79. The average molecular weight is 425 g/mol. The Morgan fingerprint density at radius 1 is 1.03 bits per heavy atom. The molecule has 0 spiro atoms. The van der Waals surface area contributed by atoms with Gasteiger partial charge >= 0.3 is 0 Å². The van der Waals surface area contributed by atoms with Gasteiger partial charge in [0.1, 0.15) is 11.3 Å². The van der Waals surface area contributed by atoms with Crippen molar-refractivity contribution in [1.29, 1.82) is 5.26 Å². The van der Waals surface area contributed by atoms with Gasteiger partial charge in [0.15, 0.2) is 0 Å². The molecular formula is C26H24N4O2. The Bertz CT molecular complexity index is 1260. The highest BCUT2D eigenvalue weighted by atomic mass is 16.5. The van der Waals surface area contributed by atoms with E-state index < -0.39 is 0 Å². The van der Waals surface area contributed by atoms with Crippen LogP contribution in [0.2, 0.25) is 0 Å². The lowest BCUT2D eigenvalue weighted by molar-refractivity contribution is 0.0342. The van der Waals surface area contributed by atoms with E-state index in [4.69, 9.17) is 9.47 Å². The minimum Gasteiger partial charge on any atom is -0.494 e. The topological polar surface area (TPSA) is 62.8 Å². The van der Waals surface area contributed by atoms with Crippen LogP contribution in [0.1, 0.15) is 11.1 Å². The van der Waals surface area contributed by atoms with Crippen molar-refractivity contribution in [1.82, 2.24) is 14.3 Å². The number of pyridine rings is 1. The maximum absolute atomic E-state index is 9.18. The molecule has 0 saturated carbocycles. The summed E-state index contributed by atoms with van der Waals surface area (Å²) >= 11 is 0. The van der Waals surface area contributed by atoms with Gasteiger partial charge in [-0.1, -0.05) is 36.4 Å². The molecule has 3 heterocycles. The van der Waals surface area contributed by atoms with Crippen LogP contribution in [0.25, 0.3) is 27.9 Å². The van der Waals surface area contributed by atoms with E-state index in [2.05, 4.69) is 50.7 Å². The third kappa shape index (κ3) is 3.84. The average Bonchev–Trinajstić information content (AvgIpc) is 3.34. The molecule has 0 atom stereocenters. The molecule has 2 aromatic carbocycles. The number of nitrogens with zero attached hydrogens (tertiary/aromatic N) is 4. The number of ether oxygens (including phenoxy) is 2. The lowest BCUT2D eigenvalue weighted by atomic mass is 9.97. The molecule has 0 amide bonds. The first-order valence-corrected chi connectivity index (χ1v) is 10.7. The zero-order valence-electron chi connectivity index (χ0n) is 18.0. The highest BCUT2D eigenvalue weighted by molar-refractivity contribution is 5.86. The smallest absolute Gasteiger partial charge is 0.145 e. The minimum atomic E-state index is 0.637. The summed E-state index contributed by atoms with van der Waals surface area (Å²) in [6, 6.07) is 20.6. The quantitative estimate of drug-likeness (QED) is 0.476. The van der Waals surface area contributed by atoms with Gasteiger partial charge in [-0.3, -0.25) is 9.30 Å². The van der Waals surface area contributed by atoms with E-state index in [-0.39, 0.29) is 0 Å². The summed E-state index contributed by atoms with van der Waals surface area (Å²) in [5.74, 6) is 0.759. The van der Waals surface area contributed by atoms with Crippen molar-refractivity contribution < 1.29 is 9.47 Å². The summed E-state index contributed by atoms with van der Waals surface area (Å²) < 4.78 is 13.2. The van der Waals surface area contributed by atoms with Crippen molar-refractivity contribution in [3.8, 4) is 34.2 Å². The molecule has 1 aliphatic heterocycles. The second-order valence-corrected chi connectivity index (χ2v) is 7.90. The van der Waals surface area contributed by atoms with Crippen molar-refractivity contribution in [3.63, 3.8) is 0 Å². The first-order chi connectivity index (χ1) is 15.8. The summed E-state index contributed by atoms with van der Waals surface area (Å²) in [5, 5.41) is 9.18. The Morgan fingerprint density at radius 3 is 2.44 bits per heavy atom. The maximum Gasteiger partial charge on any atom is 0.145 e. The monoisotopic (exact) mass is 424 g/mol. The van der Waals surface area contributed by atoms with Crippen LogP contribution in [0.3, 0.4) is 0 Å². The number of benzene rings is 2. The Morgan fingerprint density at radius 2 is 1.75 bits per heavy atom. The van der Waals surface area contributed by atoms with Gasteiger partial charge in [-0.25, -0.2) is 4.98 Å².